The summed E-state index contributed by atoms with van der Waals surface area (Å²) in [4.78, 5) is 2.24. The molecule has 1 heterocycles. The first kappa shape index (κ1) is 21.9. The number of hydrogen-bond donors (Lipinski definition) is 2. The second-order valence-corrected chi connectivity index (χ2v) is 7.05. The molecule has 2 N–H and O–H groups in total. The predicted octanol–water partition coefficient (Wildman–Crippen LogP) is 1.51. The number of nitrogens with one attached hydrogen (secondary N) is 2. The van der Waals surface area contributed by atoms with Gasteiger partial charge in [0.1, 0.15) is 0 Å². The number of hydrogen-bond acceptors (Lipinski definition) is 4. The van der Waals surface area contributed by atoms with Crippen LogP contribution in [0.15, 0.2) is 24.3 Å². The molecule has 0 amide bonds. The molecule has 0 bridgehead atoms. The van der Waals surface area contributed by atoms with Crippen molar-refractivity contribution in [3.8, 4) is 0 Å². The highest BCUT2D eigenvalue weighted by atomic mass is 35.5. The Morgan fingerprint density at radius 1 is 1.18 bits per heavy atom. The normalized spacial score (nSPS) is 15.7. The standard InChI is InChI=1S/C13H20ClN3O2S.2ClH/c14-13-4-2-1-3-12(13)11-20(18,19)16-7-10-17-8-5-15-6-9-17;;/h1-4,15-16H,5-11H2;2*1H. The van der Waals surface area contributed by atoms with E-state index in [0.29, 0.717) is 17.1 Å². The number of sulfonamides is 1. The van der Waals surface area contributed by atoms with E-state index >= 15 is 0 Å². The Kier molecular flexibility index (Phi) is 10.6. The van der Waals surface area contributed by atoms with Gasteiger partial charge in [-0.15, -0.1) is 24.8 Å². The molecule has 1 fully saturated rings. The van der Waals surface area contributed by atoms with Crippen molar-refractivity contribution in [2.24, 2.45) is 0 Å². The lowest BCUT2D eigenvalue weighted by Crippen LogP contribution is -2.46. The van der Waals surface area contributed by atoms with E-state index in [1.807, 2.05) is 0 Å². The van der Waals surface area contributed by atoms with Gasteiger partial charge in [0.15, 0.2) is 0 Å². The molecule has 0 aromatic heterocycles. The zero-order valence-corrected chi connectivity index (χ0v) is 15.3. The smallest absolute Gasteiger partial charge is 0.215 e. The lowest BCUT2D eigenvalue weighted by atomic mass is 10.2. The number of rotatable bonds is 6. The van der Waals surface area contributed by atoms with E-state index in [1.165, 1.54) is 0 Å². The first-order valence-electron chi connectivity index (χ1n) is 6.71. The Morgan fingerprint density at radius 2 is 1.82 bits per heavy atom. The molecule has 9 heteroatoms. The first-order chi connectivity index (χ1) is 9.57. The minimum Gasteiger partial charge on any atom is -0.314 e. The van der Waals surface area contributed by atoms with Gasteiger partial charge in [0.05, 0.1) is 5.75 Å². The summed E-state index contributed by atoms with van der Waals surface area (Å²) >= 11 is 5.98. The molecule has 0 unspecified atom stereocenters. The minimum atomic E-state index is -3.33. The third-order valence-corrected chi connectivity index (χ3v) is 4.97. The van der Waals surface area contributed by atoms with Crippen LogP contribution in [0.2, 0.25) is 5.02 Å². The van der Waals surface area contributed by atoms with E-state index in [2.05, 4.69) is 14.9 Å². The van der Waals surface area contributed by atoms with Crippen LogP contribution in [0.4, 0.5) is 0 Å². The van der Waals surface area contributed by atoms with Gasteiger partial charge < -0.3 is 5.32 Å². The highest BCUT2D eigenvalue weighted by Gasteiger charge is 2.14. The largest absolute Gasteiger partial charge is 0.314 e. The fourth-order valence-corrected chi connectivity index (χ4v) is 3.61. The molecule has 0 spiro atoms. The average molecular weight is 391 g/mol. The van der Waals surface area contributed by atoms with Crippen LogP contribution < -0.4 is 10.0 Å². The quantitative estimate of drug-likeness (QED) is 0.773. The summed E-state index contributed by atoms with van der Waals surface area (Å²) < 4.78 is 26.6. The van der Waals surface area contributed by atoms with E-state index < -0.39 is 10.0 Å². The molecular formula is C13H22Cl3N3O2S. The van der Waals surface area contributed by atoms with Crippen LogP contribution >= 0.6 is 36.4 Å². The summed E-state index contributed by atoms with van der Waals surface area (Å²) in [5, 5.41) is 3.75. The third kappa shape index (κ3) is 7.46. The zero-order chi connectivity index (χ0) is 14.4. The topological polar surface area (TPSA) is 61.4 Å². The molecule has 22 heavy (non-hydrogen) atoms. The summed E-state index contributed by atoms with van der Waals surface area (Å²) in [6.45, 7) is 5.04. The molecule has 128 valence electrons. The number of halogens is 3. The van der Waals surface area contributed by atoms with E-state index in [-0.39, 0.29) is 30.6 Å². The molecule has 5 nitrogen and oxygen atoms in total. The second kappa shape index (κ2) is 10.6. The third-order valence-electron chi connectivity index (χ3n) is 3.26. The molecule has 0 atom stereocenters. The van der Waals surface area contributed by atoms with Crippen molar-refractivity contribution in [3.63, 3.8) is 0 Å². The predicted molar refractivity (Wildman–Crippen MR) is 95.9 cm³/mol. The zero-order valence-electron chi connectivity index (χ0n) is 12.1. The fourth-order valence-electron chi connectivity index (χ4n) is 2.17. The Bertz CT molecular complexity index is 537. The first-order valence-corrected chi connectivity index (χ1v) is 8.74. The Labute approximate surface area is 149 Å². The molecule has 1 aliphatic rings. The van der Waals surface area contributed by atoms with Gasteiger partial charge in [-0.3, -0.25) is 4.90 Å². The molecule has 1 aromatic carbocycles. The molecule has 1 saturated heterocycles. The summed E-state index contributed by atoms with van der Waals surface area (Å²) in [7, 11) is -3.33. The van der Waals surface area contributed by atoms with Crippen molar-refractivity contribution in [1.29, 1.82) is 0 Å². The number of nitrogens with zero attached hydrogens (tertiary/aromatic N) is 1. The van der Waals surface area contributed by atoms with E-state index in [9.17, 15) is 8.42 Å². The molecule has 1 aromatic rings. The van der Waals surface area contributed by atoms with Gasteiger partial charge in [0, 0.05) is 44.3 Å². The van der Waals surface area contributed by atoms with Crippen molar-refractivity contribution in [1.82, 2.24) is 14.9 Å². The SMILES string of the molecule is Cl.Cl.O=S(=O)(Cc1ccccc1Cl)NCCN1CCNCC1. The van der Waals surface area contributed by atoms with Crippen LogP contribution in [-0.2, 0) is 15.8 Å². The molecular weight excluding hydrogens is 369 g/mol. The van der Waals surface area contributed by atoms with Crippen molar-refractivity contribution in [2.75, 3.05) is 39.3 Å². The van der Waals surface area contributed by atoms with Gasteiger partial charge in [-0.1, -0.05) is 29.8 Å². The summed E-state index contributed by atoms with van der Waals surface area (Å²) in [6, 6.07) is 7.01. The maximum atomic E-state index is 12.0. The maximum Gasteiger partial charge on any atom is 0.215 e. The molecule has 2 rings (SSSR count). The average Bonchev–Trinajstić information content (AvgIpc) is 2.42. The van der Waals surface area contributed by atoms with Crippen LogP contribution in [0.5, 0.6) is 0 Å². The van der Waals surface area contributed by atoms with Crippen LogP contribution in [0.3, 0.4) is 0 Å². The fraction of sp³-hybridized carbons (Fsp3) is 0.538. The van der Waals surface area contributed by atoms with Gasteiger partial charge in [-0.25, -0.2) is 13.1 Å². The highest BCUT2D eigenvalue weighted by Crippen LogP contribution is 2.17. The van der Waals surface area contributed by atoms with Gasteiger partial charge in [0.2, 0.25) is 10.0 Å². The lowest BCUT2D eigenvalue weighted by Gasteiger charge is -2.27. The minimum absolute atomic E-state index is 0. The lowest BCUT2D eigenvalue weighted by molar-refractivity contribution is 0.245. The Balaban J connectivity index is 0.00000220. The monoisotopic (exact) mass is 389 g/mol. The van der Waals surface area contributed by atoms with Crippen molar-refractivity contribution in [3.05, 3.63) is 34.9 Å². The molecule has 0 radical (unpaired) electrons. The molecule has 0 saturated carbocycles. The molecule has 1 aliphatic heterocycles. The van der Waals surface area contributed by atoms with Gasteiger partial charge in [-0.2, -0.15) is 0 Å². The van der Waals surface area contributed by atoms with Crippen LogP contribution in [0.25, 0.3) is 0 Å². The highest BCUT2D eigenvalue weighted by molar-refractivity contribution is 7.88. The summed E-state index contributed by atoms with van der Waals surface area (Å²) in [5.74, 6) is -0.0752. The summed E-state index contributed by atoms with van der Waals surface area (Å²) in [5.41, 5.74) is 0.629. The second-order valence-electron chi connectivity index (χ2n) is 4.84. The van der Waals surface area contributed by atoms with Gasteiger partial charge in [0.25, 0.3) is 0 Å². The van der Waals surface area contributed by atoms with Crippen LogP contribution in [0, 0.1) is 0 Å². The van der Waals surface area contributed by atoms with Crippen molar-refractivity contribution >= 4 is 46.4 Å². The van der Waals surface area contributed by atoms with Crippen LogP contribution in [0.1, 0.15) is 5.56 Å². The van der Waals surface area contributed by atoms with Crippen molar-refractivity contribution < 1.29 is 8.42 Å². The summed E-state index contributed by atoms with van der Waals surface area (Å²) in [6.07, 6.45) is 0. The maximum absolute atomic E-state index is 12.0. The van der Waals surface area contributed by atoms with Gasteiger partial charge >= 0.3 is 0 Å². The van der Waals surface area contributed by atoms with E-state index in [1.54, 1.807) is 24.3 Å². The van der Waals surface area contributed by atoms with Crippen LogP contribution in [-0.4, -0.2) is 52.6 Å². The van der Waals surface area contributed by atoms with E-state index in [0.717, 1.165) is 32.7 Å². The van der Waals surface area contributed by atoms with Crippen molar-refractivity contribution in [2.45, 2.75) is 5.75 Å². The Hall–Kier alpha value is -0.0800. The van der Waals surface area contributed by atoms with Gasteiger partial charge in [-0.05, 0) is 11.6 Å². The number of benzene rings is 1. The molecule has 0 aliphatic carbocycles. The van der Waals surface area contributed by atoms with E-state index in [4.69, 9.17) is 11.6 Å². The number of piperazine rings is 1. The Morgan fingerprint density at radius 3 is 2.45 bits per heavy atom.